The van der Waals surface area contributed by atoms with E-state index in [2.05, 4.69) is 27.3 Å². The molecule has 2 aromatic carbocycles. The van der Waals surface area contributed by atoms with Crippen LogP contribution in [0.1, 0.15) is 16.1 Å². The summed E-state index contributed by atoms with van der Waals surface area (Å²) in [5.41, 5.74) is 2.22. The summed E-state index contributed by atoms with van der Waals surface area (Å²) >= 11 is 0. The smallest absolute Gasteiger partial charge is 0.267 e. The Morgan fingerprint density at radius 2 is 1.92 bits per heavy atom. The number of H-pyrrole nitrogens is 1. The molecular formula is C20H22FN3O. The van der Waals surface area contributed by atoms with Crippen molar-refractivity contribution in [2.24, 2.45) is 0 Å². The van der Waals surface area contributed by atoms with Crippen molar-refractivity contribution >= 4 is 16.8 Å². The normalized spacial score (nSPS) is 12.5. The molecule has 0 aliphatic carbocycles. The lowest BCUT2D eigenvalue weighted by Crippen LogP contribution is -2.41. The van der Waals surface area contributed by atoms with Gasteiger partial charge in [-0.15, -0.1) is 0 Å². The lowest BCUT2D eigenvalue weighted by atomic mass is 10.1. The van der Waals surface area contributed by atoms with Crippen LogP contribution in [-0.4, -0.2) is 42.5 Å². The van der Waals surface area contributed by atoms with Crippen molar-refractivity contribution in [1.29, 1.82) is 0 Å². The van der Waals surface area contributed by atoms with E-state index in [1.807, 2.05) is 32.3 Å². The molecule has 3 aromatic rings. The SMILES string of the molecule is CN(C)C(CNC(=O)c1cc2c(F)cccc2[nH]1)Cc1ccccc1. The summed E-state index contributed by atoms with van der Waals surface area (Å²) in [6, 6.07) is 16.7. The molecule has 0 bridgehead atoms. The Morgan fingerprint density at radius 1 is 1.16 bits per heavy atom. The van der Waals surface area contributed by atoms with Crippen LogP contribution in [0.5, 0.6) is 0 Å². The fraction of sp³-hybridized carbons (Fsp3) is 0.250. The number of hydrogen-bond acceptors (Lipinski definition) is 2. The molecule has 0 spiro atoms. The zero-order chi connectivity index (χ0) is 17.8. The summed E-state index contributed by atoms with van der Waals surface area (Å²) in [5.74, 6) is -0.557. The van der Waals surface area contributed by atoms with E-state index in [0.717, 1.165) is 6.42 Å². The molecule has 0 saturated heterocycles. The number of amides is 1. The van der Waals surface area contributed by atoms with Gasteiger partial charge >= 0.3 is 0 Å². The van der Waals surface area contributed by atoms with E-state index in [1.54, 1.807) is 18.2 Å². The van der Waals surface area contributed by atoms with Gasteiger partial charge in [0.1, 0.15) is 11.5 Å². The van der Waals surface area contributed by atoms with Gasteiger partial charge in [-0.05, 0) is 44.3 Å². The molecular weight excluding hydrogens is 317 g/mol. The average Bonchev–Trinajstić information content (AvgIpc) is 3.05. The van der Waals surface area contributed by atoms with Gasteiger partial charge in [0.15, 0.2) is 0 Å². The molecule has 5 heteroatoms. The Hall–Kier alpha value is -2.66. The van der Waals surface area contributed by atoms with Crippen molar-refractivity contribution in [3.63, 3.8) is 0 Å². The molecule has 0 radical (unpaired) electrons. The van der Waals surface area contributed by atoms with Gasteiger partial charge in [0.05, 0.1) is 0 Å². The molecule has 0 aliphatic heterocycles. The third-order valence-electron chi connectivity index (χ3n) is 4.40. The van der Waals surface area contributed by atoms with Crippen LogP contribution in [0.4, 0.5) is 4.39 Å². The number of aromatic nitrogens is 1. The predicted molar refractivity (Wildman–Crippen MR) is 98.2 cm³/mol. The molecule has 130 valence electrons. The first kappa shape index (κ1) is 17.2. The predicted octanol–water partition coefficient (Wildman–Crippen LogP) is 3.21. The maximum Gasteiger partial charge on any atom is 0.267 e. The number of hydrogen-bond donors (Lipinski definition) is 2. The lowest BCUT2D eigenvalue weighted by Gasteiger charge is -2.24. The molecule has 1 amide bonds. The summed E-state index contributed by atoms with van der Waals surface area (Å²) in [6.07, 6.45) is 0.843. The highest BCUT2D eigenvalue weighted by atomic mass is 19.1. The Kier molecular flexibility index (Phi) is 5.14. The summed E-state index contributed by atoms with van der Waals surface area (Å²) in [5, 5.41) is 3.38. The molecule has 1 aromatic heterocycles. The van der Waals surface area contributed by atoms with Crippen LogP contribution < -0.4 is 5.32 Å². The third kappa shape index (κ3) is 4.06. The molecule has 0 aliphatic rings. The number of carbonyl (C=O) groups is 1. The van der Waals surface area contributed by atoms with Gasteiger partial charge in [0.25, 0.3) is 5.91 Å². The zero-order valence-corrected chi connectivity index (χ0v) is 14.4. The van der Waals surface area contributed by atoms with Crippen molar-refractivity contribution in [3.8, 4) is 0 Å². The van der Waals surface area contributed by atoms with Crippen LogP contribution >= 0.6 is 0 Å². The number of nitrogens with zero attached hydrogens (tertiary/aromatic N) is 1. The van der Waals surface area contributed by atoms with Crippen LogP contribution in [0.25, 0.3) is 10.9 Å². The van der Waals surface area contributed by atoms with E-state index < -0.39 is 0 Å². The van der Waals surface area contributed by atoms with Gasteiger partial charge in [-0.2, -0.15) is 0 Å². The second kappa shape index (κ2) is 7.49. The quantitative estimate of drug-likeness (QED) is 0.724. The van der Waals surface area contributed by atoms with E-state index in [-0.39, 0.29) is 17.8 Å². The van der Waals surface area contributed by atoms with E-state index in [1.165, 1.54) is 11.6 Å². The van der Waals surface area contributed by atoms with Crippen LogP contribution in [0.3, 0.4) is 0 Å². The average molecular weight is 339 g/mol. The summed E-state index contributed by atoms with van der Waals surface area (Å²) < 4.78 is 13.8. The molecule has 1 unspecified atom stereocenters. The van der Waals surface area contributed by atoms with Crippen molar-refractivity contribution in [2.75, 3.05) is 20.6 Å². The minimum atomic E-state index is -0.331. The van der Waals surface area contributed by atoms with Crippen molar-refractivity contribution < 1.29 is 9.18 Å². The number of carbonyl (C=O) groups excluding carboxylic acids is 1. The Bertz CT molecular complexity index is 858. The monoisotopic (exact) mass is 339 g/mol. The van der Waals surface area contributed by atoms with Gasteiger partial charge in [-0.25, -0.2) is 4.39 Å². The van der Waals surface area contributed by atoms with Gasteiger partial charge in [-0.1, -0.05) is 36.4 Å². The van der Waals surface area contributed by atoms with Crippen molar-refractivity contribution in [2.45, 2.75) is 12.5 Å². The molecule has 25 heavy (non-hydrogen) atoms. The van der Waals surface area contributed by atoms with E-state index in [4.69, 9.17) is 0 Å². The fourth-order valence-corrected chi connectivity index (χ4v) is 2.87. The van der Waals surface area contributed by atoms with Gasteiger partial charge < -0.3 is 15.2 Å². The van der Waals surface area contributed by atoms with Crippen LogP contribution in [-0.2, 0) is 6.42 Å². The van der Waals surface area contributed by atoms with Gasteiger partial charge in [0, 0.05) is 23.5 Å². The van der Waals surface area contributed by atoms with Crippen LogP contribution in [0, 0.1) is 5.82 Å². The minimum absolute atomic E-state index is 0.174. The van der Waals surface area contributed by atoms with Gasteiger partial charge in [-0.3, -0.25) is 4.79 Å². The number of rotatable bonds is 6. The van der Waals surface area contributed by atoms with Crippen LogP contribution in [0.2, 0.25) is 0 Å². The van der Waals surface area contributed by atoms with E-state index >= 15 is 0 Å². The van der Waals surface area contributed by atoms with Crippen molar-refractivity contribution in [1.82, 2.24) is 15.2 Å². The van der Waals surface area contributed by atoms with E-state index in [0.29, 0.717) is 23.1 Å². The fourth-order valence-electron chi connectivity index (χ4n) is 2.87. The molecule has 2 N–H and O–H groups in total. The van der Waals surface area contributed by atoms with Crippen LogP contribution in [0.15, 0.2) is 54.6 Å². The second-order valence-corrected chi connectivity index (χ2v) is 6.40. The molecule has 0 saturated carbocycles. The van der Waals surface area contributed by atoms with Gasteiger partial charge in [0.2, 0.25) is 0 Å². The van der Waals surface area contributed by atoms with E-state index in [9.17, 15) is 9.18 Å². The number of aromatic amines is 1. The first-order valence-electron chi connectivity index (χ1n) is 8.30. The maximum absolute atomic E-state index is 13.8. The third-order valence-corrected chi connectivity index (χ3v) is 4.40. The topological polar surface area (TPSA) is 48.1 Å². The first-order valence-corrected chi connectivity index (χ1v) is 8.30. The molecule has 4 nitrogen and oxygen atoms in total. The number of likely N-dealkylation sites (N-methyl/N-ethyl adjacent to an activating group) is 1. The zero-order valence-electron chi connectivity index (χ0n) is 14.4. The number of halogens is 1. The highest BCUT2D eigenvalue weighted by Gasteiger charge is 2.16. The highest BCUT2D eigenvalue weighted by molar-refractivity contribution is 5.98. The summed E-state index contributed by atoms with van der Waals surface area (Å²) in [4.78, 5) is 17.5. The highest BCUT2D eigenvalue weighted by Crippen LogP contribution is 2.18. The summed E-state index contributed by atoms with van der Waals surface area (Å²) in [7, 11) is 4.00. The Balaban J connectivity index is 1.67. The largest absolute Gasteiger partial charge is 0.350 e. The standard InChI is InChI=1S/C20H22FN3O/c1-24(2)15(11-14-7-4-3-5-8-14)13-22-20(25)19-12-16-17(21)9-6-10-18(16)23-19/h3-10,12,15,23H,11,13H2,1-2H3,(H,22,25). The maximum atomic E-state index is 13.8. The molecule has 1 atom stereocenters. The molecule has 3 rings (SSSR count). The van der Waals surface area contributed by atoms with Crippen molar-refractivity contribution in [3.05, 3.63) is 71.7 Å². The Morgan fingerprint density at radius 3 is 2.60 bits per heavy atom. The number of fused-ring (bicyclic) bond motifs is 1. The first-order chi connectivity index (χ1) is 12.0. The minimum Gasteiger partial charge on any atom is -0.350 e. The Labute approximate surface area is 146 Å². The lowest BCUT2D eigenvalue weighted by molar-refractivity contribution is 0.0937. The molecule has 1 heterocycles. The number of benzene rings is 2. The molecule has 0 fully saturated rings. The number of nitrogens with one attached hydrogen (secondary N) is 2. The summed E-state index contributed by atoms with van der Waals surface area (Å²) in [6.45, 7) is 0.512. The second-order valence-electron chi connectivity index (χ2n) is 6.40.